The summed E-state index contributed by atoms with van der Waals surface area (Å²) in [5, 5.41) is 4.97. The molecule has 0 N–H and O–H groups in total. The standard InChI is InChI=1S/C50H36N2S2Si.2ClH.Zr/c1-29-23-37-41(31-15-7-5-8-16-31)49(43(45(37)47(29)53)35-25-33-19-11-13-21-39(33)51-27-35)55(3,4)50-42(32-17-9-6-10-18-32)38-24-30(2)48(54)46(38)44(50)36-26-34-20-12-14-22-40(34)52-28-36;;;/h5-22,25-28,37-38H,1-4H3;2*1H;/q-2;;;+4/p-2. The monoisotopic (exact) mass is 916 g/mol. The van der Waals surface area contributed by atoms with Crippen molar-refractivity contribution in [2.75, 3.05) is 0 Å². The average molecular weight is 919 g/mol. The molecule has 0 fully saturated rings. The van der Waals surface area contributed by atoms with Crippen LogP contribution in [0.25, 0.3) is 44.1 Å². The molecule has 0 aliphatic heterocycles. The molecule has 58 heavy (non-hydrogen) atoms. The Kier molecular flexibility index (Phi) is 11.8. The predicted molar refractivity (Wildman–Crippen MR) is 239 cm³/mol. The summed E-state index contributed by atoms with van der Waals surface area (Å²) in [6.07, 6.45) is 11.9. The smallest absolute Gasteiger partial charge is 1.00 e. The molecule has 280 valence electrons. The molecule has 0 saturated carbocycles. The van der Waals surface area contributed by atoms with Crippen molar-refractivity contribution in [3.8, 4) is 0 Å². The van der Waals surface area contributed by atoms with E-state index in [0.717, 1.165) is 53.8 Å². The quantitative estimate of drug-likeness (QED) is 0.113. The van der Waals surface area contributed by atoms with Crippen LogP contribution in [0.1, 0.15) is 36.1 Å². The van der Waals surface area contributed by atoms with Crippen molar-refractivity contribution in [1.29, 1.82) is 0 Å². The molecule has 8 heteroatoms. The van der Waals surface area contributed by atoms with Crippen molar-refractivity contribution in [3.63, 3.8) is 0 Å². The molecule has 4 aliphatic rings. The molecule has 6 aromatic rings. The van der Waals surface area contributed by atoms with Crippen molar-refractivity contribution in [3.05, 3.63) is 201 Å². The Balaban J connectivity index is 0.00000171. The Morgan fingerprint density at radius 2 is 0.862 bits per heavy atom. The maximum atomic E-state index is 6.36. The number of allylic oxidation sites excluding steroid dienone is 12. The zero-order chi connectivity index (χ0) is 37.6. The van der Waals surface area contributed by atoms with Gasteiger partial charge < -0.3 is 24.8 Å². The first kappa shape index (κ1) is 42.1. The number of hydrogen-bond acceptors (Lipinski definition) is 4. The fraction of sp³-hybridized carbons (Fsp3) is 0.120. The van der Waals surface area contributed by atoms with E-state index in [1.54, 1.807) is 0 Å². The molecule has 2 unspecified atom stereocenters. The summed E-state index contributed by atoms with van der Waals surface area (Å²) in [6, 6.07) is 43.2. The number of nitrogens with zero attached hydrogens (tertiary/aromatic N) is 2. The van der Waals surface area contributed by atoms with Gasteiger partial charge >= 0.3 is 26.2 Å². The second kappa shape index (κ2) is 16.2. The second-order valence-electron chi connectivity index (χ2n) is 15.4. The van der Waals surface area contributed by atoms with Crippen molar-refractivity contribution in [1.82, 2.24) is 9.97 Å². The number of fused-ring (bicyclic) bond motifs is 4. The van der Waals surface area contributed by atoms with Crippen LogP contribution in [0.4, 0.5) is 0 Å². The number of benzene rings is 4. The van der Waals surface area contributed by atoms with Crippen LogP contribution in [-0.2, 0) is 26.2 Å². The number of thiocarbonyl (C=S) groups is 2. The second-order valence-corrected chi connectivity index (χ2v) is 20.5. The number of hydrogen-bond donors (Lipinski definition) is 0. The molecule has 2 aromatic heterocycles. The van der Waals surface area contributed by atoms with Gasteiger partial charge in [0.15, 0.2) is 0 Å². The summed E-state index contributed by atoms with van der Waals surface area (Å²) in [6.45, 7) is 9.30. The third kappa shape index (κ3) is 6.52. The Morgan fingerprint density at radius 1 is 0.500 bits per heavy atom. The van der Waals surface area contributed by atoms with Gasteiger partial charge in [-0.3, -0.25) is 22.1 Å². The third-order valence-corrected chi connectivity index (χ3v) is 16.4. The molecule has 0 bridgehead atoms. The van der Waals surface area contributed by atoms with Crippen molar-refractivity contribution >= 4 is 86.3 Å². The average Bonchev–Trinajstić information content (AvgIpc) is 3.91. The van der Waals surface area contributed by atoms with Gasteiger partial charge in [0.1, 0.15) is 8.07 Å². The molecule has 0 saturated heterocycles. The van der Waals surface area contributed by atoms with E-state index in [1.165, 1.54) is 55.0 Å². The van der Waals surface area contributed by atoms with E-state index in [1.807, 2.05) is 0 Å². The van der Waals surface area contributed by atoms with Gasteiger partial charge in [-0.25, -0.2) is 35.6 Å². The topological polar surface area (TPSA) is 25.8 Å². The Labute approximate surface area is 383 Å². The number of aromatic nitrogens is 2. The van der Waals surface area contributed by atoms with Crippen LogP contribution in [0.15, 0.2) is 166 Å². The van der Waals surface area contributed by atoms with Gasteiger partial charge in [0.25, 0.3) is 0 Å². The summed E-state index contributed by atoms with van der Waals surface area (Å²) in [5.74, 6) is -0.152. The maximum absolute atomic E-state index is 6.36. The van der Waals surface area contributed by atoms with Gasteiger partial charge in [-0.2, -0.15) is 0 Å². The van der Waals surface area contributed by atoms with Gasteiger partial charge in [-0.15, -0.1) is 20.9 Å². The van der Waals surface area contributed by atoms with E-state index in [9.17, 15) is 0 Å². The third-order valence-electron chi connectivity index (χ3n) is 11.8. The normalized spacial score (nSPS) is 18.6. The fourth-order valence-electron chi connectivity index (χ4n) is 9.45. The minimum absolute atomic E-state index is 0. The van der Waals surface area contributed by atoms with Crippen molar-refractivity contribution in [2.45, 2.75) is 26.9 Å². The number of pyridine rings is 2. The molecule has 0 spiro atoms. The molecule has 4 aliphatic carbocycles. The molecule has 2 atom stereocenters. The predicted octanol–water partition coefficient (Wildman–Crippen LogP) is 6.22. The van der Waals surface area contributed by atoms with E-state index in [0.29, 0.717) is 0 Å². The van der Waals surface area contributed by atoms with Gasteiger partial charge in [-0.05, 0) is 79.2 Å². The first-order valence-corrected chi connectivity index (χ1v) is 22.6. The summed E-state index contributed by atoms with van der Waals surface area (Å²) < 4.78 is 0. The fourth-order valence-corrected chi connectivity index (χ4v) is 14.0. The Bertz CT molecular complexity index is 2710. The first-order chi connectivity index (χ1) is 26.7. The minimum Gasteiger partial charge on any atom is -1.00 e. The molecule has 4 aromatic carbocycles. The molecular weight excluding hydrogens is 883 g/mol. The summed E-state index contributed by atoms with van der Waals surface area (Å²) >= 11 is 12.7. The molecule has 2 nitrogen and oxygen atoms in total. The van der Waals surface area contributed by atoms with E-state index in [4.69, 9.17) is 34.4 Å². The van der Waals surface area contributed by atoms with Crippen LogP contribution in [0.5, 0.6) is 0 Å². The van der Waals surface area contributed by atoms with Crippen LogP contribution in [0.3, 0.4) is 0 Å². The zero-order valence-electron chi connectivity index (χ0n) is 32.3. The van der Waals surface area contributed by atoms with Crippen LogP contribution in [0, 0.1) is 24.0 Å². The number of para-hydroxylation sites is 2. The maximum Gasteiger partial charge on any atom is 4.00 e. The Hall–Kier alpha value is -4.00. The molecule has 0 radical (unpaired) electrons. The first-order valence-electron chi connectivity index (χ1n) is 18.8. The van der Waals surface area contributed by atoms with Crippen molar-refractivity contribution in [2.24, 2.45) is 11.8 Å². The molecule has 10 rings (SSSR count). The van der Waals surface area contributed by atoms with Gasteiger partial charge in [0.2, 0.25) is 0 Å². The summed E-state index contributed by atoms with van der Waals surface area (Å²) in [5.41, 5.74) is 16.0. The number of rotatable bonds is 6. The van der Waals surface area contributed by atoms with E-state index in [2.05, 4.69) is 173 Å². The SMILES string of the molecule is CC1=[C-]C2C(=C(c3cnc4ccccc4c3)C([Si](C)(C)C3=C(c4ccccc4)C4[C-]=C(C)C(=S)C4=C3c3cnc4ccccc4c3)=C2c2ccccc2)C1=S.[Cl-].[Cl-].[Zr+4]. The largest absolute Gasteiger partial charge is 4.00 e. The van der Waals surface area contributed by atoms with Gasteiger partial charge in [0.05, 0.1) is 11.0 Å². The van der Waals surface area contributed by atoms with E-state index < -0.39 is 8.07 Å². The zero-order valence-corrected chi connectivity index (χ0v) is 38.9. The molecule has 0 amide bonds. The van der Waals surface area contributed by atoms with Crippen LogP contribution in [0.2, 0.25) is 13.1 Å². The summed E-state index contributed by atoms with van der Waals surface area (Å²) in [4.78, 5) is 11.9. The van der Waals surface area contributed by atoms with Crippen molar-refractivity contribution < 1.29 is 51.0 Å². The Morgan fingerprint density at radius 3 is 1.26 bits per heavy atom. The van der Waals surface area contributed by atoms with E-state index >= 15 is 0 Å². The summed E-state index contributed by atoms with van der Waals surface area (Å²) in [7, 11) is -2.82. The number of halogens is 2. The molecular formula is C50H36Cl2N2S2SiZr. The van der Waals surface area contributed by atoms with Gasteiger partial charge in [-0.1, -0.05) is 136 Å². The minimum atomic E-state index is -2.82. The van der Waals surface area contributed by atoms with Gasteiger partial charge in [0, 0.05) is 23.2 Å². The van der Waals surface area contributed by atoms with Crippen LogP contribution in [-0.4, -0.2) is 27.8 Å². The van der Waals surface area contributed by atoms with E-state index in [-0.39, 0.29) is 62.9 Å². The molecule has 2 heterocycles. The van der Waals surface area contributed by atoms with Crippen LogP contribution >= 0.6 is 24.4 Å². The van der Waals surface area contributed by atoms with Crippen LogP contribution < -0.4 is 24.8 Å².